The van der Waals surface area contributed by atoms with Crippen LogP contribution in [0, 0.1) is 0 Å². The molecule has 4 rings (SSSR count). The van der Waals surface area contributed by atoms with Crippen LogP contribution in [0.2, 0.25) is 5.15 Å². The molecule has 0 saturated carbocycles. The Morgan fingerprint density at radius 2 is 1.33 bits per heavy atom. The molecule has 0 aliphatic heterocycles. The van der Waals surface area contributed by atoms with E-state index in [0.717, 1.165) is 16.2 Å². The number of hydrogen-bond acceptors (Lipinski definition) is 7. The van der Waals surface area contributed by atoms with Gasteiger partial charge in [0, 0.05) is 23.2 Å². The Bertz CT molecular complexity index is 1380. The third-order valence-electron chi connectivity index (χ3n) is 4.00. The van der Waals surface area contributed by atoms with E-state index in [2.05, 4.69) is 15.0 Å². The first-order chi connectivity index (χ1) is 15.7. The highest BCUT2D eigenvalue weighted by Gasteiger charge is 2.05. The highest BCUT2D eigenvalue weighted by atomic mass is 35.5. The van der Waals surface area contributed by atoms with Gasteiger partial charge in [-0.1, -0.05) is 23.7 Å². The molecule has 33 heavy (non-hydrogen) atoms. The highest BCUT2D eigenvalue weighted by Crippen LogP contribution is 2.28. The second kappa shape index (κ2) is 11.0. The third kappa shape index (κ3) is 6.81. The van der Waals surface area contributed by atoms with Gasteiger partial charge in [-0.3, -0.25) is 0 Å². The summed E-state index contributed by atoms with van der Waals surface area (Å²) in [5.41, 5.74) is 10.6. The number of aromatic nitrogens is 2. The van der Waals surface area contributed by atoms with Crippen molar-refractivity contribution in [3.63, 3.8) is 0 Å². The highest BCUT2D eigenvalue weighted by molar-refractivity contribution is 7.78. The van der Waals surface area contributed by atoms with E-state index in [1.54, 1.807) is 54.9 Å². The lowest BCUT2D eigenvalue weighted by molar-refractivity contribution is 0.563. The van der Waals surface area contributed by atoms with E-state index in [1.807, 2.05) is 6.07 Å². The molecule has 4 aromatic rings. The van der Waals surface area contributed by atoms with Gasteiger partial charge in [0.1, 0.15) is 16.7 Å². The van der Waals surface area contributed by atoms with Crippen LogP contribution in [0.5, 0.6) is 11.5 Å². The summed E-state index contributed by atoms with van der Waals surface area (Å²) in [4.78, 5) is 11.9. The molecule has 14 heteroatoms. The first kappa shape index (κ1) is 24.3. The van der Waals surface area contributed by atoms with Gasteiger partial charge in [-0.25, -0.2) is 20.2 Å². The van der Waals surface area contributed by atoms with E-state index in [1.165, 1.54) is 0 Å². The Kier molecular flexibility index (Phi) is 8.08. The summed E-state index contributed by atoms with van der Waals surface area (Å²) in [6, 6.07) is 13.8. The van der Waals surface area contributed by atoms with Gasteiger partial charge < -0.3 is 19.8 Å². The topological polar surface area (TPSA) is 195 Å². The number of fused-ring (bicyclic) bond motifs is 2. The van der Waals surface area contributed by atoms with Gasteiger partial charge in [0.25, 0.3) is 22.5 Å². The number of guanidine groups is 1. The molecular formula is C19H18ClN7O4S2. The molecule has 0 radical (unpaired) electrons. The maximum atomic E-state index is 10.8. The Hall–Kier alpha value is -3.36. The van der Waals surface area contributed by atoms with Crippen molar-refractivity contribution in [2.75, 3.05) is 0 Å². The minimum atomic E-state index is -1.88. The first-order valence-corrected chi connectivity index (χ1v) is 11.6. The molecule has 2 atom stereocenters. The van der Waals surface area contributed by atoms with E-state index in [9.17, 15) is 8.42 Å². The summed E-state index contributed by atoms with van der Waals surface area (Å²) in [6.45, 7) is 0. The summed E-state index contributed by atoms with van der Waals surface area (Å²) in [7, 11) is 0. The fourth-order valence-electron chi connectivity index (χ4n) is 2.75. The van der Waals surface area contributed by atoms with Gasteiger partial charge in [-0.15, -0.1) is 0 Å². The summed E-state index contributed by atoms with van der Waals surface area (Å²) >= 11 is 2.18. The maximum Gasteiger partial charge on any atom is 0.285 e. The van der Waals surface area contributed by atoms with Gasteiger partial charge in [0.2, 0.25) is 0 Å². The van der Waals surface area contributed by atoms with E-state index in [4.69, 9.17) is 41.7 Å². The molecule has 0 aliphatic carbocycles. The number of aliphatic imine (C=N–C) groups is 1. The van der Waals surface area contributed by atoms with Crippen molar-refractivity contribution < 1.29 is 16.8 Å². The van der Waals surface area contributed by atoms with Crippen molar-refractivity contribution in [1.82, 2.24) is 9.97 Å². The van der Waals surface area contributed by atoms with Gasteiger partial charge in [-0.05, 0) is 47.2 Å². The molecule has 2 unspecified atom stereocenters. The average molecular weight is 508 g/mol. The molecule has 0 bridgehead atoms. The third-order valence-corrected chi connectivity index (χ3v) is 5.01. The van der Waals surface area contributed by atoms with Crippen LogP contribution in [-0.4, -0.2) is 24.3 Å². The number of nitrogens with two attached hydrogens (primary N) is 4. The Morgan fingerprint density at radius 1 is 0.818 bits per heavy atom. The number of nitrogens with zero attached hydrogens (tertiary/aromatic N) is 3. The Labute approximate surface area is 198 Å². The molecule has 0 aliphatic rings. The quantitative estimate of drug-likeness (QED) is 0.178. The number of benzene rings is 2. The molecule has 2 heterocycles. The Morgan fingerprint density at radius 3 is 1.88 bits per heavy atom. The number of pyridine rings is 2. The van der Waals surface area contributed by atoms with Gasteiger partial charge in [0.05, 0.1) is 0 Å². The first-order valence-electron chi connectivity index (χ1n) is 8.94. The zero-order valence-electron chi connectivity index (χ0n) is 16.8. The molecular weight excluding hydrogens is 490 g/mol. The summed E-state index contributed by atoms with van der Waals surface area (Å²) < 4.78 is 31.2. The standard InChI is InChI=1S/C10H11N5O2S.C9H7ClN2O2S/c11-10(12)15-9-8-5-7(17-18(13)16)2-1-6(8)3-4-14-9;10-9-8-5-7(14-15(11)13)2-1-6(8)3-4-12-9/h1-5H,13H2,(H4,11,12,14,15);1-5H,11H2. The van der Waals surface area contributed by atoms with Crippen LogP contribution < -0.4 is 30.1 Å². The predicted octanol–water partition coefficient (Wildman–Crippen LogP) is 1.86. The fourth-order valence-corrected chi connectivity index (χ4v) is 3.56. The monoisotopic (exact) mass is 507 g/mol. The summed E-state index contributed by atoms with van der Waals surface area (Å²) in [5.74, 6) is 1.02. The van der Waals surface area contributed by atoms with E-state index < -0.39 is 22.5 Å². The molecule has 0 amide bonds. The normalized spacial score (nSPS) is 12.3. The van der Waals surface area contributed by atoms with E-state index in [-0.39, 0.29) is 5.96 Å². The zero-order valence-corrected chi connectivity index (χ0v) is 19.1. The van der Waals surface area contributed by atoms with Gasteiger partial charge in [-0.2, -0.15) is 13.4 Å². The average Bonchev–Trinajstić information content (AvgIpc) is 2.74. The largest absolute Gasteiger partial charge is 0.389 e. The fraction of sp³-hybridized carbons (Fsp3) is 0. The molecule has 0 spiro atoms. The van der Waals surface area contributed by atoms with Crippen molar-refractivity contribution in [3.05, 3.63) is 66.1 Å². The molecule has 11 nitrogen and oxygen atoms in total. The lowest BCUT2D eigenvalue weighted by Crippen LogP contribution is -2.22. The zero-order chi connectivity index (χ0) is 24.0. The molecule has 2 aromatic carbocycles. The lowest BCUT2D eigenvalue weighted by Gasteiger charge is -2.05. The second-order valence-corrected chi connectivity index (χ2v) is 7.96. The number of rotatable bonds is 5. The van der Waals surface area contributed by atoms with Crippen LogP contribution in [0.3, 0.4) is 0 Å². The second-order valence-electron chi connectivity index (χ2n) is 6.23. The van der Waals surface area contributed by atoms with E-state index >= 15 is 0 Å². The minimum Gasteiger partial charge on any atom is -0.389 e. The lowest BCUT2D eigenvalue weighted by atomic mass is 10.1. The van der Waals surface area contributed by atoms with Crippen molar-refractivity contribution in [2.45, 2.75) is 0 Å². The van der Waals surface area contributed by atoms with Crippen molar-refractivity contribution in [1.29, 1.82) is 0 Å². The van der Waals surface area contributed by atoms with Crippen molar-refractivity contribution >= 4 is 67.5 Å². The smallest absolute Gasteiger partial charge is 0.285 e. The molecule has 2 aromatic heterocycles. The van der Waals surface area contributed by atoms with Gasteiger partial charge in [0.15, 0.2) is 11.8 Å². The minimum absolute atomic E-state index is 0.0938. The van der Waals surface area contributed by atoms with Crippen LogP contribution in [0.4, 0.5) is 5.82 Å². The van der Waals surface area contributed by atoms with Crippen LogP contribution in [0.25, 0.3) is 21.5 Å². The molecule has 0 saturated heterocycles. The van der Waals surface area contributed by atoms with Crippen molar-refractivity contribution in [2.24, 2.45) is 26.7 Å². The van der Waals surface area contributed by atoms with Crippen LogP contribution >= 0.6 is 11.6 Å². The predicted molar refractivity (Wildman–Crippen MR) is 130 cm³/mol. The molecule has 172 valence electrons. The van der Waals surface area contributed by atoms with E-state index in [0.29, 0.717) is 27.9 Å². The molecule has 8 N–H and O–H groups in total. The summed E-state index contributed by atoms with van der Waals surface area (Å²) in [5, 5.41) is 13.7. The van der Waals surface area contributed by atoms with Crippen LogP contribution in [0.1, 0.15) is 0 Å². The van der Waals surface area contributed by atoms with Gasteiger partial charge >= 0.3 is 0 Å². The summed E-state index contributed by atoms with van der Waals surface area (Å²) in [6.07, 6.45) is 3.21. The maximum absolute atomic E-state index is 10.8. The van der Waals surface area contributed by atoms with Crippen LogP contribution in [0.15, 0.2) is 65.9 Å². The van der Waals surface area contributed by atoms with Crippen molar-refractivity contribution in [3.8, 4) is 11.5 Å². The number of halogens is 1. The Balaban J connectivity index is 0.000000189. The van der Waals surface area contributed by atoms with Crippen LogP contribution in [-0.2, 0) is 22.5 Å². The number of hydrogen-bond donors (Lipinski definition) is 4. The SMILES string of the molecule is NC(N)=Nc1nccc2ccc(OS(N)=O)cc12.NS(=O)Oc1ccc2ccnc(Cl)c2c1. The molecule has 0 fully saturated rings.